The first-order valence-corrected chi connectivity index (χ1v) is 4.72. The van der Waals surface area contributed by atoms with E-state index in [9.17, 15) is 4.79 Å². The SMILES string of the molecule is COC(=O)C(N)C(C)(C)c1nccn1C. The van der Waals surface area contributed by atoms with Crippen LogP contribution in [0.1, 0.15) is 19.7 Å². The molecular weight excluding hydrogens is 194 g/mol. The Morgan fingerprint density at radius 1 is 1.67 bits per heavy atom. The van der Waals surface area contributed by atoms with Crippen molar-refractivity contribution in [1.82, 2.24) is 9.55 Å². The largest absolute Gasteiger partial charge is 0.468 e. The Kier molecular flexibility index (Phi) is 3.14. The molecule has 0 saturated carbocycles. The molecule has 0 aliphatic carbocycles. The minimum Gasteiger partial charge on any atom is -0.468 e. The second-order valence-corrected chi connectivity index (χ2v) is 4.08. The molecule has 1 atom stereocenters. The summed E-state index contributed by atoms with van der Waals surface area (Å²) in [4.78, 5) is 15.6. The highest BCUT2D eigenvalue weighted by atomic mass is 16.5. The van der Waals surface area contributed by atoms with Crippen LogP contribution in [0.4, 0.5) is 0 Å². The van der Waals surface area contributed by atoms with E-state index in [1.807, 2.05) is 31.7 Å². The fourth-order valence-corrected chi connectivity index (χ4v) is 1.55. The summed E-state index contributed by atoms with van der Waals surface area (Å²) in [6.07, 6.45) is 3.50. The average Bonchev–Trinajstić information content (AvgIpc) is 2.62. The Bertz CT molecular complexity index is 357. The van der Waals surface area contributed by atoms with Gasteiger partial charge >= 0.3 is 5.97 Å². The Morgan fingerprint density at radius 2 is 2.27 bits per heavy atom. The maximum atomic E-state index is 11.4. The summed E-state index contributed by atoms with van der Waals surface area (Å²) in [5.41, 5.74) is 5.29. The summed E-state index contributed by atoms with van der Waals surface area (Å²) in [5, 5.41) is 0. The quantitative estimate of drug-likeness (QED) is 0.725. The Hall–Kier alpha value is -1.36. The van der Waals surface area contributed by atoms with Crippen LogP contribution in [-0.2, 0) is 22.0 Å². The molecule has 1 rings (SSSR count). The van der Waals surface area contributed by atoms with Gasteiger partial charge in [0.25, 0.3) is 0 Å². The topological polar surface area (TPSA) is 70.1 Å². The molecule has 0 aliphatic rings. The van der Waals surface area contributed by atoms with Crippen molar-refractivity contribution in [2.45, 2.75) is 25.3 Å². The lowest BCUT2D eigenvalue weighted by Crippen LogP contribution is -2.48. The molecule has 2 N–H and O–H groups in total. The van der Waals surface area contributed by atoms with Gasteiger partial charge in [0, 0.05) is 24.9 Å². The number of esters is 1. The molecule has 0 fully saturated rings. The number of methoxy groups -OCH3 is 1. The number of hydrogen-bond donors (Lipinski definition) is 1. The molecule has 1 aromatic heterocycles. The fraction of sp³-hybridized carbons (Fsp3) is 0.600. The van der Waals surface area contributed by atoms with Crippen molar-refractivity contribution >= 4 is 5.97 Å². The van der Waals surface area contributed by atoms with Crippen molar-refractivity contribution in [2.75, 3.05) is 7.11 Å². The van der Waals surface area contributed by atoms with Crippen molar-refractivity contribution in [2.24, 2.45) is 12.8 Å². The van der Waals surface area contributed by atoms with Crippen molar-refractivity contribution in [3.05, 3.63) is 18.2 Å². The molecule has 1 heterocycles. The van der Waals surface area contributed by atoms with E-state index in [1.54, 1.807) is 6.20 Å². The fourth-order valence-electron chi connectivity index (χ4n) is 1.55. The standard InChI is InChI=1S/C10H17N3O2/c1-10(2,7(11)8(14)15-4)9-12-5-6-13(9)3/h5-7H,11H2,1-4H3. The number of hydrogen-bond acceptors (Lipinski definition) is 4. The highest BCUT2D eigenvalue weighted by Crippen LogP contribution is 2.24. The number of nitrogens with two attached hydrogens (primary N) is 1. The van der Waals surface area contributed by atoms with Crippen molar-refractivity contribution in [3.63, 3.8) is 0 Å². The monoisotopic (exact) mass is 211 g/mol. The van der Waals surface area contributed by atoms with E-state index in [0.717, 1.165) is 5.82 Å². The van der Waals surface area contributed by atoms with Crippen LogP contribution in [0, 0.1) is 0 Å². The predicted octanol–water partition coefficient (Wildman–Crippen LogP) is 0.198. The minimum absolute atomic E-state index is 0.428. The van der Waals surface area contributed by atoms with Gasteiger partial charge < -0.3 is 15.0 Å². The molecular formula is C10H17N3O2. The lowest BCUT2D eigenvalue weighted by atomic mass is 9.84. The highest BCUT2D eigenvalue weighted by Gasteiger charge is 2.37. The molecule has 84 valence electrons. The number of carbonyl (C=O) groups excluding carboxylic acids is 1. The number of carbonyl (C=O) groups is 1. The lowest BCUT2D eigenvalue weighted by molar-refractivity contribution is -0.143. The van der Waals surface area contributed by atoms with Crippen molar-refractivity contribution in [3.8, 4) is 0 Å². The average molecular weight is 211 g/mol. The Balaban J connectivity index is 3.02. The maximum absolute atomic E-state index is 11.4. The normalized spacial score (nSPS) is 13.7. The molecule has 0 bridgehead atoms. The number of rotatable bonds is 3. The highest BCUT2D eigenvalue weighted by molar-refractivity contribution is 5.77. The summed E-state index contributed by atoms with van der Waals surface area (Å²) >= 11 is 0. The molecule has 15 heavy (non-hydrogen) atoms. The summed E-state index contributed by atoms with van der Waals surface area (Å²) in [7, 11) is 3.20. The van der Waals surface area contributed by atoms with E-state index in [2.05, 4.69) is 9.72 Å². The maximum Gasteiger partial charge on any atom is 0.323 e. The van der Waals surface area contributed by atoms with Gasteiger partial charge in [0.1, 0.15) is 11.9 Å². The van der Waals surface area contributed by atoms with E-state index >= 15 is 0 Å². The van der Waals surface area contributed by atoms with Crippen molar-refractivity contribution in [1.29, 1.82) is 0 Å². The minimum atomic E-state index is -0.719. The first kappa shape index (κ1) is 11.7. The van der Waals surface area contributed by atoms with Gasteiger partial charge in [-0.3, -0.25) is 4.79 Å². The number of ether oxygens (including phenoxy) is 1. The van der Waals surface area contributed by atoms with Crippen LogP contribution < -0.4 is 5.73 Å². The second kappa shape index (κ2) is 4.02. The van der Waals surface area contributed by atoms with Crippen LogP contribution in [0.15, 0.2) is 12.4 Å². The molecule has 5 nitrogen and oxygen atoms in total. The van der Waals surface area contributed by atoms with Crippen LogP contribution in [0.25, 0.3) is 0 Å². The Labute approximate surface area is 89.2 Å². The first-order valence-electron chi connectivity index (χ1n) is 4.72. The van der Waals surface area contributed by atoms with Crippen molar-refractivity contribution < 1.29 is 9.53 Å². The van der Waals surface area contributed by atoms with Crippen LogP contribution in [-0.4, -0.2) is 28.7 Å². The number of aryl methyl sites for hydroxylation is 1. The third kappa shape index (κ3) is 2.02. The van der Waals surface area contributed by atoms with Gasteiger partial charge in [0.15, 0.2) is 0 Å². The first-order chi connectivity index (χ1) is 6.91. The van der Waals surface area contributed by atoms with E-state index in [4.69, 9.17) is 5.73 Å². The van der Waals surface area contributed by atoms with E-state index in [0.29, 0.717) is 0 Å². The number of aromatic nitrogens is 2. The van der Waals surface area contributed by atoms with Gasteiger partial charge in [-0.1, -0.05) is 13.8 Å². The molecule has 0 aromatic carbocycles. The van der Waals surface area contributed by atoms with Gasteiger partial charge in [0.2, 0.25) is 0 Å². The number of imidazole rings is 1. The van der Waals surface area contributed by atoms with E-state index in [-0.39, 0.29) is 0 Å². The third-order valence-electron chi connectivity index (χ3n) is 2.63. The molecule has 0 spiro atoms. The summed E-state index contributed by atoms with van der Waals surface area (Å²) in [6.45, 7) is 3.74. The Morgan fingerprint density at radius 3 is 2.67 bits per heavy atom. The van der Waals surface area contributed by atoms with Gasteiger partial charge in [-0.15, -0.1) is 0 Å². The molecule has 0 aliphatic heterocycles. The number of nitrogens with zero attached hydrogens (tertiary/aromatic N) is 2. The van der Waals surface area contributed by atoms with Gasteiger partial charge in [0.05, 0.1) is 7.11 Å². The van der Waals surface area contributed by atoms with E-state index in [1.165, 1.54) is 7.11 Å². The molecule has 0 radical (unpaired) electrons. The molecule has 5 heteroatoms. The van der Waals surface area contributed by atoms with Crippen LogP contribution in [0.5, 0.6) is 0 Å². The second-order valence-electron chi connectivity index (χ2n) is 4.08. The molecule has 1 unspecified atom stereocenters. The zero-order valence-corrected chi connectivity index (χ0v) is 9.52. The summed E-state index contributed by atoms with van der Waals surface area (Å²) in [6, 6.07) is -0.719. The van der Waals surface area contributed by atoms with Crippen LogP contribution in [0.2, 0.25) is 0 Å². The van der Waals surface area contributed by atoms with E-state index < -0.39 is 17.4 Å². The smallest absolute Gasteiger partial charge is 0.323 e. The summed E-state index contributed by atoms with van der Waals surface area (Å²) < 4.78 is 6.49. The van der Waals surface area contributed by atoms with Crippen LogP contribution in [0.3, 0.4) is 0 Å². The third-order valence-corrected chi connectivity index (χ3v) is 2.63. The molecule has 1 aromatic rings. The lowest BCUT2D eigenvalue weighted by Gasteiger charge is -2.28. The van der Waals surface area contributed by atoms with Gasteiger partial charge in [-0.25, -0.2) is 4.98 Å². The molecule has 0 saturated heterocycles. The summed E-state index contributed by atoms with van der Waals surface area (Å²) in [5.74, 6) is 0.336. The van der Waals surface area contributed by atoms with Gasteiger partial charge in [-0.05, 0) is 0 Å². The van der Waals surface area contributed by atoms with Crippen LogP contribution >= 0.6 is 0 Å². The zero-order chi connectivity index (χ0) is 11.6. The van der Waals surface area contributed by atoms with Gasteiger partial charge in [-0.2, -0.15) is 0 Å². The zero-order valence-electron chi connectivity index (χ0n) is 9.52. The molecule has 0 amide bonds. The predicted molar refractivity (Wildman–Crippen MR) is 56.2 cm³/mol.